The SMILES string of the molecule is C=C1Nc2ncnn2[C@@H](c2ccc(OCCCCCC)cc2)[C@@H]1C(=O)OCC. The predicted molar refractivity (Wildman–Crippen MR) is 107 cm³/mol. The first-order chi connectivity index (χ1) is 13.7. The summed E-state index contributed by atoms with van der Waals surface area (Å²) in [5.74, 6) is 0.462. The van der Waals surface area contributed by atoms with E-state index in [2.05, 4.69) is 28.9 Å². The van der Waals surface area contributed by atoms with Gasteiger partial charge < -0.3 is 14.8 Å². The molecular formula is C21H28N4O3. The Labute approximate surface area is 165 Å². The molecule has 1 aromatic heterocycles. The second kappa shape index (κ2) is 9.39. The Morgan fingerprint density at radius 2 is 2.00 bits per heavy atom. The van der Waals surface area contributed by atoms with Crippen molar-refractivity contribution in [2.75, 3.05) is 18.5 Å². The van der Waals surface area contributed by atoms with E-state index in [1.807, 2.05) is 24.3 Å². The molecule has 0 bridgehead atoms. The number of unbranched alkanes of at least 4 members (excludes halogenated alkanes) is 3. The van der Waals surface area contributed by atoms with Gasteiger partial charge in [-0.2, -0.15) is 10.1 Å². The highest BCUT2D eigenvalue weighted by molar-refractivity contribution is 5.79. The second-order valence-corrected chi connectivity index (χ2v) is 6.83. The van der Waals surface area contributed by atoms with Gasteiger partial charge in [0.25, 0.3) is 0 Å². The van der Waals surface area contributed by atoms with E-state index in [-0.39, 0.29) is 12.0 Å². The monoisotopic (exact) mass is 384 g/mol. The van der Waals surface area contributed by atoms with Crippen molar-refractivity contribution in [1.29, 1.82) is 0 Å². The Hall–Kier alpha value is -2.83. The number of hydrogen-bond acceptors (Lipinski definition) is 6. The standard InChI is InChI=1S/C21H28N4O3/c1-4-6-7-8-13-28-17-11-9-16(10-12-17)19-18(20(26)27-5-2)15(3)24-21-22-14-23-25(19)21/h9-12,14,18-19H,3-8,13H2,1-2H3,(H,22,23,24)/t18-,19+/m1/s1. The van der Waals surface area contributed by atoms with Crippen LogP contribution in [0.4, 0.5) is 5.95 Å². The first-order valence-corrected chi connectivity index (χ1v) is 9.90. The molecule has 2 atom stereocenters. The maximum absolute atomic E-state index is 12.6. The lowest BCUT2D eigenvalue weighted by molar-refractivity contribution is -0.147. The first kappa shape index (κ1) is 19.9. The Bertz CT molecular complexity index is 800. The Morgan fingerprint density at radius 3 is 2.71 bits per heavy atom. The summed E-state index contributed by atoms with van der Waals surface area (Å²) in [6, 6.07) is 7.41. The summed E-state index contributed by atoms with van der Waals surface area (Å²) in [4.78, 5) is 16.8. The third-order valence-corrected chi connectivity index (χ3v) is 4.83. The van der Waals surface area contributed by atoms with E-state index >= 15 is 0 Å². The van der Waals surface area contributed by atoms with Crippen molar-refractivity contribution >= 4 is 11.9 Å². The van der Waals surface area contributed by atoms with E-state index in [4.69, 9.17) is 9.47 Å². The number of ether oxygens (including phenoxy) is 2. The lowest BCUT2D eigenvalue weighted by Gasteiger charge is -2.33. The van der Waals surface area contributed by atoms with Gasteiger partial charge in [-0.05, 0) is 31.0 Å². The van der Waals surface area contributed by atoms with Crippen molar-refractivity contribution in [2.45, 2.75) is 45.6 Å². The molecule has 3 rings (SSSR count). The molecule has 7 nitrogen and oxygen atoms in total. The normalized spacial score (nSPS) is 18.3. The zero-order chi connectivity index (χ0) is 19.9. The molecule has 0 amide bonds. The molecule has 1 N–H and O–H groups in total. The van der Waals surface area contributed by atoms with Crippen molar-refractivity contribution in [3.8, 4) is 5.75 Å². The zero-order valence-electron chi connectivity index (χ0n) is 16.6. The van der Waals surface area contributed by atoms with Crippen LogP contribution in [0.1, 0.15) is 51.1 Å². The number of carbonyl (C=O) groups excluding carboxylic acids is 1. The van der Waals surface area contributed by atoms with Gasteiger partial charge in [-0.1, -0.05) is 44.9 Å². The van der Waals surface area contributed by atoms with Crippen LogP contribution in [0.2, 0.25) is 0 Å². The minimum Gasteiger partial charge on any atom is -0.494 e. The fourth-order valence-electron chi connectivity index (χ4n) is 3.41. The van der Waals surface area contributed by atoms with E-state index < -0.39 is 5.92 Å². The summed E-state index contributed by atoms with van der Waals surface area (Å²) in [5.41, 5.74) is 1.48. The molecule has 1 aromatic carbocycles. The summed E-state index contributed by atoms with van der Waals surface area (Å²) in [6.07, 6.45) is 6.14. The van der Waals surface area contributed by atoms with Crippen LogP contribution in [0.15, 0.2) is 42.9 Å². The molecule has 0 saturated carbocycles. The zero-order valence-corrected chi connectivity index (χ0v) is 16.6. The van der Waals surface area contributed by atoms with Gasteiger partial charge in [0.2, 0.25) is 5.95 Å². The number of nitrogens with one attached hydrogen (secondary N) is 1. The highest BCUT2D eigenvalue weighted by Crippen LogP contribution is 2.38. The van der Waals surface area contributed by atoms with Gasteiger partial charge in [-0.3, -0.25) is 4.79 Å². The molecule has 1 aliphatic rings. The summed E-state index contributed by atoms with van der Waals surface area (Å²) in [7, 11) is 0. The maximum atomic E-state index is 12.6. The van der Waals surface area contributed by atoms with Crippen molar-refractivity contribution in [1.82, 2.24) is 14.8 Å². The average molecular weight is 384 g/mol. The van der Waals surface area contributed by atoms with Crippen molar-refractivity contribution in [3.05, 3.63) is 48.4 Å². The first-order valence-electron chi connectivity index (χ1n) is 9.90. The van der Waals surface area contributed by atoms with Gasteiger partial charge in [-0.15, -0.1) is 0 Å². The average Bonchev–Trinajstić information content (AvgIpc) is 3.15. The van der Waals surface area contributed by atoms with Gasteiger partial charge in [0.05, 0.1) is 19.3 Å². The highest BCUT2D eigenvalue weighted by atomic mass is 16.5. The van der Waals surface area contributed by atoms with Crippen LogP contribution in [0.5, 0.6) is 5.75 Å². The minimum atomic E-state index is -0.588. The Balaban J connectivity index is 1.79. The van der Waals surface area contributed by atoms with Crippen LogP contribution in [0.3, 0.4) is 0 Å². The van der Waals surface area contributed by atoms with Crippen LogP contribution in [0.25, 0.3) is 0 Å². The molecule has 150 valence electrons. The van der Waals surface area contributed by atoms with Crippen LogP contribution in [-0.4, -0.2) is 33.9 Å². The number of hydrogen-bond donors (Lipinski definition) is 1. The quantitative estimate of drug-likeness (QED) is 0.521. The number of fused-ring (bicyclic) bond motifs is 1. The third-order valence-electron chi connectivity index (χ3n) is 4.83. The van der Waals surface area contributed by atoms with E-state index in [0.717, 1.165) is 17.7 Å². The molecule has 0 spiro atoms. The number of carbonyl (C=O) groups is 1. The molecule has 0 fully saturated rings. The van der Waals surface area contributed by atoms with E-state index in [0.29, 0.717) is 24.9 Å². The molecule has 1 aliphatic heterocycles. The van der Waals surface area contributed by atoms with Crippen LogP contribution >= 0.6 is 0 Å². The molecule has 7 heteroatoms. The summed E-state index contributed by atoms with van der Waals surface area (Å²) in [6.45, 7) is 9.02. The topological polar surface area (TPSA) is 78.3 Å². The summed E-state index contributed by atoms with van der Waals surface area (Å²) in [5, 5.41) is 7.36. The van der Waals surface area contributed by atoms with Crippen LogP contribution in [-0.2, 0) is 9.53 Å². The smallest absolute Gasteiger partial charge is 0.317 e. The third kappa shape index (κ3) is 4.35. The van der Waals surface area contributed by atoms with Gasteiger partial charge in [0.15, 0.2) is 0 Å². The molecule has 2 heterocycles. The lowest BCUT2D eigenvalue weighted by atomic mass is 9.89. The van der Waals surface area contributed by atoms with E-state index in [9.17, 15) is 4.79 Å². The van der Waals surface area contributed by atoms with Crippen molar-refractivity contribution in [2.24, 2.45) is 5.92 Å². The van der Waals surface area contributed by atoms with Crippen LogP contribution < -0.4 is 10.1 Å². The largest absolute Gasteiger partial charge is 0.494 e. The fraction of sp³-hybridized carbons (Fsp3) is 0.476. The lowest BCUT2D eigenvalue weighted by Crippen LogP contribution is -2.37. The summed E-state index contributed by atoms with van der Waals surface area (Å²) < 4.78 is 12.8. The molecule has 0 aliphatic carbocycles. The number of anilines is 1. The van der Waals surface area contributed by atoms with E-state index in [1.165, 1.54) is 25.6 Å². The number of rotatable bonds is 9. The van der Waals surface area contributed by atoms with Gasteiger partial charge in [0, 0.05) is 5.70 Å². The van der Waals surface area contributed by atoms with Gasteiger partial charge in [0.1, 0.15) is 18.0 Å². The Morgan fingerprint density at radius 1 is 1.21 bits per heavy atom. The predicted octanol–water partition coefficient (Wildman–Crippen LogP) is 3.95. The van der Waals surface area contributed by atoms with Crippen LogP contribution in [0, 0.1) is 5.92 Å². The summed E-state index contributed by atoms with van der Waals surface area (Å²) >= 11 is 0. The molecule has 0 unspecified atom stereocenters. The maximum Gasteiger partial charge on any atom is 0.317 e. The second-order valence-electron chi connectivity index (χ2n) is 6.83. The van der Waals surface area contributed by atoms with E-state index in [1.54, 1.807) is 11.6 Å². The molecule has 28 heavy (non-hydrogen) atoms. The van der Waals surface area contributed by atoms with Crippen molar-refractivity contribution in [3.63, 3.8) is 0 Å². The molecule has 0 saturated heterocycles. The molecular weight excluding hydrogens is 356 g/mol. The minimum absolute atomic E-state index is 0.310. The number of benzene rings is 1. The number of aromatic nitrogens is 3. The fourth-order valence-corrected chi connectivity index (χ4v) is 3.41. The Kier molecular flexibility index (Phi) is 6.68. The van der Waals surface area contributed by atoms with Crippen molar-refractivity contribution < 1.29 is 14.3 Å². The molecule has 0 radical (unpaired) electrons. The molecule has 2 aromatic rings. The van der Waals surface area contributed by atoms with Gasteiger partial charge >= 0.3 is 5.97 Å². The number of esters is 1. The highest BCUT2D eigenvalue weighted by Gasteiger charge is 2.40. The van der Waals surface area contributed by atoms with Gasteiger partial charge in [-0.25, -0.2) is 4.68 Å². The number of nitrogens with zero attached hydrogens (tertiary/aromatic N) is 3.